The lowest BCUT2D eigenvalue weighted by atomic mass is 9.94. The highest BCUT2D eigenvalue weighted by Gasteiger charge is 2.20. The Balaban J connectivity index is 1.63. The first-order valence-corrected chi connectivity index (χ1v) is 11.4. The summed E-state index contributed by atoms with van der Waals surface area (Å²) in [5, 5.41) is 3.12. The number of ether oxygens (including phenoxy) is 3. The number of aryl methyl sites for hydroxylation is 1. The Hall–Kier alpha value is -2.73. The van der Waals surface area contributed by atoms with E-state index in [1.807, 2.05) is 30.3 Å². The Morgan fingerprint density at radius 3 is 2.34 bits per heavy atom. The number of hydrogen-bond acceptors (Lipinski definition) is 5. The predicted molar refractivity (Wildman–Crippen MR) is 128 cm³/mol. The van der Waals surface area contributed by atoms with Gasteiger partial charge < -0.3 is 19.5 Å². The van der Waals surface area contributed by atoms with Crippen molar-refractivity contribution in [3.05, 3.63) is 47.5 Å². The number of benzene rings is 2. The first kappa shape index (κ1) is 23.9. The van der Waals surface area contributed by atoms with Crippen LogP contribution in [-0.4, -0.2) is 45.2 Å². The molecule has 174 valence electrons. The third-order valence-corrected chi connectivity index (χ3v) is 6.32. The van der Waals surface area contributed by atoms with E-state index in [9.17, 15) is 4.79 Å². The lowest BCUT2D eigenvalue weighted by Gasteiger charge is -2.31. The zero-order chi connectivity index (χ0) is 22.9. The van der Waals surface area contributed by atoms with Crippen LogP contribution >= 0.6 is 0 Å². The molecule has 0 aliphatic heterocycles. The van der Waals surface area contributed by atoms with Crippen LogP contribution in [0.5, 0.6) is 17.2 Å². The number of anilines is 1. The van der Waals surface area contributed by atoms with Gasteiger partial charge in [-0.3, -0.25) is 9.69 Å². The molecule has 0 unspecified atom stereocenters. The van der Waals surface area contributed by atoms with E-state index in [2.05, 4.69) is 23.3 Å². The van der Waals surface area contributed by atoms with Crippen LogP contribution in [0.2, 0.25) is 0 Å². The Labute approximate surface area is 191 Å². The summed E-state index contributed by atoms with van der Waals surface area (Å²) < 4.78 is 16.3. The standard InChI is InChI=1S/C26H36N2O4/c1-28(21-11-6-5-7-12-21)18-20-10-8-9-13-22(20)27-24(29)17-15-19-14-16-23(30-2)26(32-4)25(19)31-3/h8-10,13-14,16,21H,5-7,11-12,15,17-18H2,1-4H3,(H,27,29). The number of nitrogens with one attached hydrogen (secondary N) is 1. The molecule has 1 aliphatic carbocycles. The van der Waals surface area contributed by atoms with E-state index >= 15 is 0 Å². The van der Waals surface area contributed by atoms with E-state index in [4.69, 9.17) is 14.2 Å². The molecule has 6 nitrogen and oxygen atoms in total. The quantitative estimate of drug-likeness (QED) is 0.560. The summed E-state index contributed by atoms with van der Waals surface area (Å²) in [5.74, 6) is 1.74. The monoisotopic (exact) mass is 440 g/mol. The van der Waals surface area contributed by atoms with Crippen LogP contribution in [0.1, 0.15) is 49.7 Å². The predicted octanol–water partition coefficient (Wildman–Crippen LogP) is 5.05. The van der Waals surface area contributed by atoms with Crippen molar-refractivity contribution < 1.29 is 19.0 Å². The largest absolute Gasteiger partial charge is 0.493 e. The van der Waals surface area contributed by atoms with Crippen LogP contribution in [-0.2, 0) is 17.8 Å². The molecule has 2 aromatic carbocycles. The second kappa shape index (κ2) is 11.8. The molecule has 1 amide bonds. The van der Waals surface area contributed by atoms with Gasteiger partial charge in [0.2, 0.25) is 11.7 Å². The fourth-order valence-electron chi connectivity index (χ4n) is 4.52. The molecule has 0 saturated heterocycles. The average molecular weight is 441 g/mol. The minimum atomic E-state index is -0.0189. The first-order chi connectivity index (χ1) is 15.6. The van der Waals surface area contributed by atoms with Crippen molar-refractivity contribution in [3.63, 3.8) is 0 Å². The van der Waals surface area contributed by atoms with Gasteiger partial charge in [-0.05, 0) is 49.6 Å². The number of methoxy groups -OCH3 is 3. The molecule has 0 radical (unpaired) electrons. The third-order valence-electron chi connectivity index (χ3n) is 6.32. The number of hydrogen-bond donors (Lipinski definition) is 1. The fraction of sp³-hybridized carbons (Fsp3) is 0.500. The van der Waals surface area contributed by atoms with E-state index in [1.54, 1.807) is 21.3 Å². The number of nitrogens with zero attached hydrogens (tertiary/aromatic N) is 1. The molecule has 32 heavy (non-hydrogen) atoms. The van der Waals surface area contributed by atoms with Gasteiger partial charge in [-0.25, -0.2) is 0 Å². The van der Waals surface area contributed by atoms with Gasteiger partial charge in [-0.15, -0.1) is 0 Å². The Morgan fingerprint density at radius 1 is 0.938 bits per heavy atom. The molecular weight excluding hydrogens is 404 g/mol. The van der Waals surface area contributed by atoms with Crippen molar-refractivity contribution >= 4 is 11.6 Å². The van der Waals surface area contributed by atoms with Crippen molar-refractivity contribution in [1.82, 2.24) is 4.90 Å². The van der Waals surface area contributed by atoms with Gasteiger partial charge in [0.15, 0.2) is 11.5 Å². The maximum atomic E-state index is 12.8. The lowest BCUT2D eigenvalue weighted by molar-refractivity contribution is -0.116. The van der Waals surface area contributed by atoms with Gasteiger partial charge in [0.1, 0.15) is 0 Å². The molecular formula is C26H36N2O4. The minimum absolute atomic E-state index is 0.0189. The molecule has 1 aliphatic rings. The molecule has 0 bridgehead atoms. The van der Waals surface area contributed by atoms with Gasteiger partial charge in [0.05, 0.1) is 21.3 Å². The molecule has 1 saturated carbocycles. The molecule has 3 rings (SSSR count). The van der Waals surface area contributed by atoms with Crippen LogP contribution in [0.25, 0.3) is 0 Å². The zero-order valence-corrected chi connectivity index (χ0v) is 19.8. The van der Waals surface area contributed by atoms with Crippen molar-refractivity contribution in [1.29, 1.82) is 0 Å². The summed E-state index contributed by atoms with van der Waals surface area (Å²) in [6, 6.07) is 12.5. The SMILES string of the molecule is COc1ccc(CCC(=O)Nc2ccccc2CN(C)C2CCCCC2)c(OC)c1OC. The topological polar surface area (TPSA) is 60.0 Å². The Morgan fingerprint density at radius 2 is 1.66 bits per heavy atom. The van der Waals surface area contributed by atoms with Crippen molar-refractivity contribution in [2.45, 2.75) is 57.5 Å². The van der Waals surface area contributed by atoms with Crippen molar-refractivity contribution in [2.75, 3.05) is 33.7 Å². The molecule has 0 aromatic heterocycles. The smallest absolute Gasteiger partial charge is 0.224 e. The van der Waals surface area contributed by atoms with E-state index in [0.29, 0.717) is 36.1 Å². The van der Waals surface area contributed by atoms with Crippen LogP contribution in [0.3, 0.4) is 0 Å². The average Bonchev–Trinajstić information content (AvgIpc) is 2.83. The van der Waals surface area contributed by atoms with E-state index in [-0.39, 0.29) is 5.91 Å². The van der Waals surface area contributed by atoms with Crippen molar-refractivity contribution in [2.24, 2.45) is 0 Å². The summed E-state index contributed by atoms with van der Waals surface area (Å²) in [7, 11) is 6.96. The first-order valence-electron chi connectivity index (χ1n) is 11.4. The fourth-order valence-corrected chi connectivity index (χ4v) is 4.52. The maximum Gasteiger partial charge on any atom is 0.224 e. The van der Waals surface area contributed by atoms with Gasteiger partial charge in [-0.2, -0.15) is 0 Å². The summed E-state index contributed by atoms with van der Waals surface area (Å²) in [5.41, 5.74) is 2.95. The van der Waals surface area contributed by atoms with Crippen LogP contribution < -0.4 is 19.5 Å². The summed E-state index contributed by atoms with van der Waals surface area (Å²) in [6.07, 6.45) is 7.39. The van der Waals surface area contributed by atoms with Gasteiger partial charge in [0, 0.05) is 24.7 Å². The second-order valence-corrected chi connectivity index (χ2v) is 8.41. The third kappa shape index (κ3) is 5.94. The van der Waals surface area contributed by atoms with E-state index in [0.717, 1.165) is 23.4 Å². The Kier molecular flexibility index (Phi) is 8.80. The Bertz CT molecular complexity index is 893. The van der Waals surface area contributed by atoms with E-state index < -0.39 is 0 Å². The zero-order valence-electron chi connectivity index (χ0n) is 19.8. The van der Waals surface area contributed by atoms with Crippen LogP contribution in [0, 0.1) is 0 Å². The highest BCUT2D eigenvalue weighted by atomic mass is 16.5. The molecule has 2 aromatic rings. The van der Waals surface area contributed by atoms with Crippen LogP contribution in [0.4, 0.5) is 5.69 Å². The second-order valence-electron chi connectivity index (χ2n) is 8.41. The number of amides is 1. The normalized spacial score (nSPS) is 14.3. The lowest BCUT2D eigenvalue weighted by Crippen LogP contribution is -2.33. The number of carbonyl (C=O) groups excluding carboxylic acids is 1. The maximum absolute atomic E-state index is 12.8. The number of rotatable bonds is 10. The van der Waals surface area contributed by atoms with Gasteiger partial charge in [0.25, 0.3) is 0 Å². The minimum Gasteiger partial charge on any atom is -0.493 e. The van der Waals surface area contributed by atoms with Gasteiger partial charge >= 0.3 is 0 Å². The summed E-state index contributed by atoms with van der Waals surface area (Å²) >= 11 is 0. The summed E-state index contributed by atoms with van der Waals surface area (Å²) in [4.78, 5) is 15.2. The molecule has 1 fully saturated rings. The number of para-hydroxylation sites is 1. The van der Waals surface area contributed by atoms with Crippen LogP contribution in [0.15, 0.2) is 36.4 Å². The van der Waals surface area contributed by atoms with Gasteiger partial charge in [-0.1, -0.05) is 43.5 Å². The molecule has 6 heteroatoms. The molecule has 0 spiro atoms. The highest BCUT2D eigenvalue weighted by molar-refractivity contribution is 5.91. The molecule has 1 N–H and O–H groups in total. The highest BCUT2D eigenvalue weighted by Crippen LogP contribution is 2.40. The van der Waals surface area contributed by atoms with E-state index in [1.165, 1.54) is 32.1 Å². The van der Waals surface area contributed by atoms with Crippen molar-refractivity contribution in [3.8, 4) is 17.2 Å². The molecule has 0 atom stereocenters. The number of carbonyl (C=O) groups is 1. The molecule has 0 heterocycles. The summed E-state index contributed by atoms with van der Waals surface area (Å²) in [6.45, 7) is 0.838.